The molecule has 1 N–H and O–H groups in total. The van der Waals surface area contributed by atoms with Crippen LogP contribution in [0, 0.1) is 5.92 Å². The van der Waals surface area contributed by atoms with Crippen LogP contribution in [-0.2, 0) is 14.9 Å². The molecule has 0 spiro atoms. The van der Waals surface area contributed by atoms with Gasteiger partial charge in [0, 0.05) is 11.9 Å². The van der Waals surface area contributed by atoms with Crippen molar-refractivity contribution in [3.8, 4) is 0 Å². The van der Waals surface area contributed by atoms with Crippen LogP contribution in [0.5, 0.6) is 0 Å². The molecule has 1 aliphatic rings. The monoisotopic (exact) mass is 296 g/mol. The van der Waals surface area contributed by atoms with Gasteiger partial charge < -0.3 is 10.1 Å². The van der Waals surface area contributed by atoms with Crippen molar-refractivity contribution in [1.82, 2.24) is 4.98 Å². The topological polar surface area (TPSA) is 51.2 Å². The van der Waals surface area contributed by atoms with Crippen LogP contribution in [0.15, 0.2) is 5.38 Å². The number of hydrogen-bond acceptors (Lipinski definition) is 5. The Bertz CT molecular complexity index is 450. The molecule has 0 amide bonds. The first-order valence-corrected chi connectivity index (χ1v) is 8.29. The van der Waals surface area contributed by atoms with E-state index in [4.69, 9.17) is 4.74 Å². The Kier molecular flexibility index (Phi) is 5.02. The molecule has 0 aliphatic heterocycles. The molecule has 0 aromatic carbocycles. The Morgan fingerprint density at radius 1 is 1.50 bits per heavy atom. The highest BCUT2D eigenvalue weighted by atomic mass is 32.1. The van der Waals surface area contributed by atoms with Gasteiger partial charge in [-0.05, 0) is 39.5 Å². The van der Waals surface area contributed by atoms with E-state index in [9.17, 15) is 4.79 Å². The van der Waals surface area contributed by atoms with Crippen LogP contribution in [0.25, 0.3) is 0 Å². The molecule has 1 aromatic rings. The van der Waals surface area contributed by atoms with Crippen molar-refractivity contribution in [3.05, 3.63) is 11.1 Å². The van der Waals surface area contributed by atoms with Gasteiger partial charge in [0.15, 0.2) is 5.13 Å². The minimum atomic E-state index is -0.681. The second-order valence-corrected chi connectivity index (χ2v) is 6.77. The van der Waals surface area contributed by atoms with Crippen LogP contribution in [0.1, 0.15) is 52.1 Å². The number of hydrogen-bond donors (Lipinski definition) is 1. The van der Waals surface area contributed by atoms with Crippen LogP contribution >= 0.6 is 11.3 Å². The highest BCUT2D eigenvalue weighted by Gasteiger charge is 2.34. The normalized spacial score (nSPS) is 16.4. The van der Waals surface area contributed by atoms with E-state index >= 15 is 0 Å². The number of nitrogens with zero attached hydrogens (tertiary/aromatic N) is 1. The molecule has 1 aromatic heterocycles. The van der Waals surface area contributed by atoms with Gasteiger partial charge in [-0.25, -0.2) is 4.98 Å². The van der Waals surface area contributed by atoms with E-state index in [-0.39, 0.29) is 5.97 Å². The van der Waals surface area contributed by atoms with E-state index in [2.05, 4.69) is 10.3 Å². The van der Waals surface area contributed by atoms with Gasteiger partial charge in [0.25, 0.3) is 0 Å². The summed E-state index contributed by atoms with van der Waals surface area (Å²) in [6, 6.07) is 0. The average Bonchev–Trinajstić information content (AvgIpc) is 3.08. The summed E-state index contributed by atoms with van der Waals surface area (Å²) < 4.78 is 5.12. The number of nitrogens with one attached hydrogen (secondary N) is 1. The van der Waals surface area contributed by atoms with Crippen LogP contribution in [-0.4, -0.2) is 24.1 Å². The van der Waals surface area contributed by atoms with E-state index in [1.54, 1.807) is 11.3 Å². The quantitative estimate of drug-likeness (QED) is 0.815. The van der Waals surface area contributed by atoms with Crippen molar-refractivity contribution in [2.24, 2.45) is 5.92 Å². The van der Waals surface area contributed by atoms with Gasteiger partial charge in [0.2, 0.25) is 0 Å². The third kappa shape index (κ3) is 3.51. The maximum Gasteiger partial charge on any atom is 0.317 e. The molecule has 0 saturated heterocycles. The van der Waals surface area contributed by atoms with Crippen molar-refractivity contribution in [2.75, 3.05) is 18.5 Å². The fraction of sp³-hybridized carbons (Fsp3) is 0.733. The Morgan fingerprint density at radius 2 is 2.20 bits per heavy atom. The van der Waals surface area contributed by atoms with Gasteiger partial charge in [0.1, 0.15) is 5.41 Å². The minimum Gasteiger partial charge on any atom is -0.465 e. The van der Waals surface area contributed by atoms with E-state index < -0.39 is 5.41 Å². The molecule has 4 nitrogen and oxygen atoms in total. The van der Waals surface area contributed by atoms with Gasteiger partial charge in [0.05, 0.1) is 12.3 Å². The Hall–Kier alpha value is -1.10. The zero-order valence-corrected chi connectivity index (χ0v) is 13.4. The second kappa shape index (κ2) is 6.57. The highest BCUT2D eigenvalue weighted by molar-refractivity contribution is 7.13. The van der Waals surface area contributed by atoms with E-state index in [1.807, 2.05) is 26.2 Å². The molecule has 1 heterocycles. The van der Waals surface area contributed by atoms with Gasteiger partial charge in [-0.2, -0.15) is 0 Å². The van der Waals surface area contributed by atoms with Crippen molar-refractivity contribution >= 4 is 22.4 Å². The zero-order chi connectivity index (χ0) is 14.6. The molecule has 0 atom stereocenters. The molecule has 0 unspecified atom stereocenters. The van der Waals surface area contributed by atoms with Crippen molar-refractivity contribution in [2.45, 2.75) is 51.9 Å². The summed E-state index contributed by atoms with van der Waals surface area (Å²) in [6.07, 6.45) is 5.34. The predicted molar refractivity (Wildman–Crippen MR) is 82.2 cm³/mol. The summed E-state index contributed by atoms with van der Waals surface area (Å²) in [5.41, 5.74) is 0.106. The predicted octanol–water partition coefficient (Wildman–Crippen LogP) is 3.59. The van der Waals surface area contributed by atoms with Crippen LogP contribution in [0.3, 0.4) is 0 Å². The van der Waals surface area contributed by atoms with Gasteiger partial charge >= 0.3 is 5.97 Å². The number of esters is 1. The number of aromatic nitrogens is 1. The van der Waals surface area contributed by atoms with E-state index in [0.29, 0.717) is 6.61 Å². The third-order valence-electron chi connectivity index (χ3n) is 3.95. The molecule has 1 aliphatic carbocycles. The minimum absolute atomic E-state index is 0.215. The SMILES string of the molecule is CCOC(=O)C(C)(C)c1csc(NCC2CCCC2)n1. The summed E-state index contributed by atoms with van der Waals surface area (Å²) in [4.78, 5) is 16.5. The Morgan fingerprint density at radius 3 is 2.85 bits per heavy atom. The lowest BCUT2D eigenvalue weighted by molar-refractivity contribution is -0.148. The molecular weight excluding hydrogens is 272 g/mol. The molecule has 5 heteroatoms. The van der Waals surface area contributed by atoms with Crippen LogP contribution in [0.2, 0.25) is 0 Å². The number of thiazole rings is 1. The first kappa shape index (κ1) is 15.3. The standard InChI is InChI=1S/C15H24N2O2S/c1-4-19-13(18)15(2,3)12-10-20-14(17-12)16-9-11-7-5-6-8-11/h10-11H,4-9H2,1-3H3,(H,16,17). The molecule has 20 heavy (non-hydrogen) atoms. The van der Waals surface area contributed by atoms with Crippen LogP contribution < -0.4 is 5.32 Å². The Balaban J connectivity index is 1.95. The summed E-state index contributed by atoms with van der Waals surface area (Å²) in [5, 5.41) is 6.26. The van der Waals surface area contributed by atoms with Gasteiger partial charge in [-0.3, -0.25) is 4.79 Å². The first-order valence-electron chi connectivity index (χ1n) is 7.41. The molecular formula is C15H24N2O2S. The first-order chi connectivity index (χ1) is 9.54. The number of rotatable bonds is 6. The lowest BCUT2D eigenvalue weighted by Crippen LogP contribution is -2.31. The van der Waals surface area contributed by atoms with Gasteiger partial charge in [-0.15, -0.1) is 11.3 Å². The molecule has 0 bridgehead atoms. The molecule has 0 radical (unpaired) electrons. The maximum absolute atomic E-state index is 12.0. The summed E-state index contributed by atoms with van der Waals surface area (Å²) in [6.45, 7) is 6.94. The maximum atomic E-state index is 12.0. The Labute approximate surface area is 124 Å². The second-order valence-electron chi connectivity index (χ2n) is 5.91. The fourth-order valence-corrected chi connectivity index (χ4v) is 3.39. The summed E-state index contributed by atoms with van der Waals surface area (Å²) >= 11 is 1.57. The number of carbonyl (C=O) groups excluding carboxylic acids is 1. The largest absolute Gasteiger partial charge is 0.465 e. The van der Waals surface area contributed by atoms with E-state index in [0.717, 1.165) is 23.3 Å². The molecule has 1 saturated carbocycles. The summed E-state index contributed by atoms with van der Waals surface area (Å²) in [5.74, 6) is 0.563. The molecule has 2 rings (SSSR count). The number of carbonyl (C=O) groups is 1. The van der Waals surface area contributed by atoms with E-state index in [1.165, 1.54) is 25.7 Å². The third-order valence-corrected chi connectivity index (χ3v) is 4.75. The highest BCUT2D eigenvalue weighted by Crippen LogP contribution is 2.29. The number of ether oxygens (including phenoxy) is 1. The average molecular weight is 296 g/mol. The lowest BCUT2D eigenvalue weighted by atomic mass is 9.90. The van der Waals surface area contributed by atoms with Crippen molar-refractivity contribution < 1.29 is 9.53 Å². The fourth-order valence-electron chi connectivity index (χ4n) is 2.50. The smallest absolute Gasteiger partial charge is 0.317 e. The van der Waals surface area contributed by atoms with Crippen molar-refractivity contribution in [1.29, 1.82) is 0 Å². The van der Waals surface area contributed by atoms with Crippen molar-refractivity contribution in [3.63, 3.8) is 0 Å². The lowest BCUT2D eigenvalue weighted by Gasteiger charge is -2.19. The van der Waals surface area contributed by atoms with Crippen LogP contribution in [0.4, 0.5) is 5.13 Å². The summed E-state index contributed by atoms with van der Waals surface area (Å²) in [7, 11) is 0. The number of anilines is 1. The zero-order valence-electron chi connectivity index (χ0n) is 12.6. The van der Waals surface area contributed by atoms with Gasteiger partial charge in [-0.1, -0.05) is 12.8 Å². The molecule has 1 fully saturated rings. The molecule has 112 valence electrons.